The SMILES string of the molecule is CCc1ccccc1NC(=O)c1ccc(NCC2CCCO2)nn1. The molecule has 2 aromatic rings. The van der Waals surface area contributed by atoms with Crippen LogP contribution in [-0.4, -0.2) is 35.4 Å². The Hall–Kier alpha value is -2.47. The van der Waals surface area contributed by atoms with Crippen LogP contribution in [0.25, 0.3) is 0 Å². The number of ether oxygens (including phenoxy) is 1. The molecule has 0 spiro atoms. The van der Waals surface area contributed by atoms with Gasteiger partial charge in [-0.2, -0.15) is 0 Å². The Morgan fingerprint density at radius 1 is 1.25 bits per heavy atom. The zero-order chi connectivity index (χ0) is 16.8. The number of aryl methyl sites for hydroxylation is 1. The van der Waals surface area contributed by atoms with Crippen LogP contribution in [0.1, 0.15) is 35.8 Å². The van der Waals surface area contributed by atoms with Crippen molar-refractivity contribution in [1.29, 1.82) is 0 Å². The number of nitrogens with one attached hydrogen (secondary N) is 2. The Kier molecular flexibility index (Phi) is 5.38. The van der Waals surface area contributed by atoms with Gasteiger partial charge in [0.15, 0.2) is 5.69 Å². The van der Waals surface area contributed by atoms with Crippen molar-refractivity contribution in [2.45, 2.75) is 32.3 Å². The summed E-state index contributed by atoms with van der Waals surface area (Å²) in [6.45, 7) is 3.60. The molecule has 0 saturated carbocycles. The maximum atomic E-state index is 12.3. The van der Waals surface area contributed by atoms with E-state index in [9.17, 15) is 4.79 Å². The molecule has 1 aliphatic heterocycles. The van der Waals surface area contributed by atoms with E-state index in [1.54, 1.807) is 12.1 Å². The second-order valence-corrected chi connectivity index (χ2v) is 5.78. The monoisotopic (exact) mass is 326 g/mol. The van der Waals surface area contributed by atoms with Gasteiger partial charge in [-0.1, -0.05) is 25.1 Å². The fourth-order valence-electron chi connectivity index (χ4n) is 2.71. The summed E-state index contributed by atoms with van der Waals surface area (Å²) in [5.74, 6) is 0.394. The van der Waals surface area contributed by atoms with Crippen molar-refractivity contribution in [2.75, 3.05) is 23.8 Å². The van der Waals surface area contributed by atoms with Gasteiger partial charge in [0.2, 0.25) is 0 Å². The van der Waals surface area contributed by atoms with E-state index < -0.39 is 0 Å². The Balaban J connectivity index is 1.59. The van der Waals surface area contributed by atoms with Crippen LogP contribution in [0.4, 0.5) is 11.5 Å². The van der Waals surface area contributed by atoms with Crippen molar-refractivity contribution in [3.63, 3.8) is 0 Å². The number of benzene rings is 1. The third kappa shape index (κ3) is 4.08. The van der Waals surface area contributed by atoms with Gasteiger partial charge in [-0.05, 0) is 43.0 Å². The number of carbonyl (C=O) groups is 1. The number of para-hydroxylation sites is 1. The molecule has 1 fully saturated rings. The summed E-state index contributed by atoms with van der Waals surface area (Å²) in [5.41, 5.74) is 2.20. The average Bonchev–Trinajstić information content (AvgIpc) is 3.14. The van der Waals surface area contributed by atoms with E-state index in [4.69, 9.17) is 4.74 Å². The van der Waals surface area contributed by atoms with E-state index in [1.807, 2.05) is 24.3 Å². The molecule has 24 heavy (non-hydrogen) atoms. The molecule has 2 N–H and O–H groups in total. The van der Waals surface area contributed by atoms with Crippen molar-refractivity contribution in [2.24, 2.45) is 0 Å². The molecular weight excluding hydrogens is 304 g/mol. The first-order chi connectivity index (χ1) is 11.8. The maximum Gasteiger partial charge on any atom is 0.276 e. The van der Waals surface area contributed by atoms with Crippen LogP contribution in [0, 0.1) is 0 Å². The first-order valence-corrected chi connectivity index (χ1v) is 8.34. The summed E-state index contributed by atoms with van der Waals surface area (Å²) < 4.78 is 5.55. The third-order valence-corrected chi connectivity index (χ3v) is 4.08. The van der Waals surface area contributed by atoms with E-state index >= 15 is 0 Å². The molecular formula is C18H22N4O2. The fourth-order valence-corrected chi connectivity index (χ4v) is 2.71. The van der Waals surface area contributed by atoms with Crippen LogP contribution in [0.2, 0.25) is 0 Å². The highest BCUT2D eigenvalue weighted by Gasteiger charge is 2.15. The minimum absolute atomic E-state index is 0.236. The van der Waals surface area contributed by atoms with E-state index in [-0.39, 0.29) is 12.0 Å². The zero-order valence-electron chi connectivity index (χ0n) is 13.8. The first kappa shape index (κ1) is 16.4. The molecule has 0 bridgehead atoms. The van der Waals surface area contributed by atoms with Crippen molar-refractivity contribution in [3.8, 4) is 0 Å². The lowest BCUT2D eigenvalue weighted by Gasteiger charge is -2.11. The summed E-state index contributed by atoms with van der Waals surface area (Å²) in [4.78, 5) is 12.3. The molecule has 6 heteroatoms. The normalized spacial score (nSPS) is 16.8. The molecule has 1 unspecified atom stereocenters. The van der Waals surface area contributed by atoms with Gasteiger partial charge in [-0.25, -0.2) is 0 Å². The van der Waals surface area contributed by atoms with E-state index in [1.165, 1.54) is 0 Å². The molecule has 1 saturated heterocycles. The maximum absolute atomic E-state index is 12.3. The summed E-state index contributed by atoms with van der Waals surface area (Å²) >= 11 is 0. The van der Waals surface area contributed by atoms with Crippen LogP contribution in [0.3, 0.4) is 0 Å². The highest BCUT2D eigenvalue weighted by molar-refractivity contribution is 6.03. The third-order valence-electron chi connectivity index (χ3n) is 4.08. The van der Waals surface area contributed by atoms with Gasteiger partial charge >= 0.3 is 0 Å². The highest BCUT2D eigenvalue weighted by atomic mass is 16.5. The summed E-state index contributed by atoms with van der Waals surface area (Å²) in [7, 11) is 0. The van der Waals surface area contributed by atoms with Gasteiger partial charge in [0.1, 0.15) is 5.82 Å². The number of amides is 1. The standard InChI is InChI=1S/C18H22N4O2/c1-2-13-6-3-4-8-15(13)20-18(23)16-9-10-17(22-21-16)19-12-14-7-5-11-24-14/h3-4,6,8-10,14H,2,5,7,11-12H2,1H3,(H,19,22)(H,20,23). The van der Waals surface area contributed by atoms with Gasteiger partial charge in [-0.3, -0.25) is 4.79 Å². The largest absolute Gasteiger partial charge is 0.376 e. The summed E-state index contributed by atoms with van der Waals surface area (Å²) in [6.07, 6.45) is 3.27. The van der Waals surface area contributed by atoms with Crippen LogP contribution in [-0.2, 0) is 11.2 Å². The minimum Gasteiger partial charge on any atom is -0.376 e. The molecule has 2 heterocycles. The molecule has 1 amide bonds. The number of nitrogens with zero attached hydrogens (tertiary/aromatic N) is 2. The molecule has 126 valence electrons. The molecule has 6 nitrogen and oxygen atoms in total. The topological polar surface area (TPSA) is 76.1 Å². The Morgan fingerprint density at radius 2 is 2.12 bits per heavy atom. The van der Waals surface area contributed by atoms with Crippen LogP contribution < -0.4 is 10.6 Å². The van der Waals surface area contributed by atoms with Crippen molar-refractivity contribution >= 4 is 17.4 Å². The second kappa shape index (κ2) is 7.88. The second-order valence-electron chi connectivity index (χ2n) is 5.78. The lowest BCUT2D eigenvalue weighted by Crippen LogP contribution is -2.20. The molecule has 1 aromatic heterocycles. The molecule has 1 aromatic carbocycles. The van der Waals surface area contributed by atoms with Gasteiger partial charge in [0, 0.05) is 18.8 Å². The zero-order valence-corrected chi connectivity index (χ0v) is 13.8. The predicted molar refractivity (Wildman–Crippen MR) is 93.3 cm³/mol. The van der Waals surface area contributed by atoms with Gasteiger partial charge < -0.3 is 15.4 Å². The summed E-state index contributed by atoms with van der Waals surface area (Å²) in [5, 5.41) is 14.2. The quantitative estimate of drug-likeness (QED) is 0.853. The van der Waals surface area contributed by atoms with Crippen LogP contribution in [0.5, 0.6) is 0 Å². The molecule has 3 rings (SSSR count). The number of carbonyl (C=O) groups excluding carboxylic acids is 1. The van der Waals surface area contributed by atoms with Crippen molar-refractivity contribution in [1.82, 2.24) is 10.2 Å². The lowest BCUT2D eigenvalue weighted by atomic mass is 10.1. The first-order valence-electron chi connectivity index (χ1n) is 8.34. The summed E-state index contributed by atoms with van der Waals surface area (Å²) in [6, 6.07) is 11.2. The average molecular weight is 326 g/mol. The van der Waals surface area contributed by atoms with Gasteiger partial charge in [0.25, 0.3) is 5.91 Å². The van der Waals surface area contributed by atoms with Crippen molar-refractivity contribution < 1.29 is 9.53 Å². The molecule has 1 atom stereocenters. The van der Waals surface area contributed by atoms with Gasteiger partial charge in [-0.15, -0.1) is 10.2 Å². The Morgan fingerprint density at radius 3 is 2.83 bits per heavy atom. The number of aromatic nitrogens is 2. The predicted octanol–water partition coefficient (Wildman–Crippen LogP) is 2.88. The Bertz CT molecular complexity index is 682. The van der Waals surface area contributed by atoms with E-state index in [0.29, 0.717) is 18.1 Å². The van der Waals surface area contributed by atoms with Crippen LogP contribution in [0.15, 0.2) is 36.4 Å². The fraction of sp³-hybridized carbons (Fsp3) is 0.389. The Labute approximate surface area is 141 Å². The van der Waals surface area contributed by atoms with E-state index in [0.717, 1.165) is 37.1 Å². The smallest absolute Gasteiger partial charge is 0.276 e. The van der Waals surface area contributed by atoms with Crippen LogP contribution >= 0.6 is 0 Å². The van der Waals surface area contributed by atoms with E-state index in [2.05, 4.69) is 27.8 Å². The highest BCUT2D eigenvalue weighted by Crippen LogP contribution is 2.16. The minimum atomic E-state index is -0.255. The molecule has 0 aliphatic carbocycles. The molecule has 0 radical (unpaired) electrons. The number of hydrogen-bond donors (Lipinski definition) is 2. The molecule has 1 aliphatic rings. The number of rotatable bonds is 6. The lowest BCUT2D eigenvalue weighted by molar-refractivity contribution is 0.102. The number of anilines is 2. The number of hydrogen-bond acceptors (Lipinski definition) is 5. The van der Waals surface area contributed by atoms with Crippen molar-refractivity contribution in [3.05, 3.63) is 47.7 Å². The van der Waals surface area contributed by atoms with Gasteiger partial charge in [0.05, 0.1) is 6.10 Å².